The number of aromatic nitrogens is 2. The molecule has 0 atom stereocenters. The van der Waals surface area contributed by atoms with E-state index >= 15 is 0 Å². The summed E-state index contributed by atoms with van der Waals surface area (Å²) in [5.41, 5.74) is 0. The zero-order valence-corrected chi connectivity index (χ0v) is 11.3. The molecule has 5 heteroatoms. The summed E-state index contributed by atoms with van der Waals surface area (Å²) in [6, 6.07) is 0. The third kappa shape index (κ3) is 3.54. The van der Waals surface area contributed by atoms with Crippen LogP contribution in [0.3, 0.4) is 0 Å². The minimum atomic E-state index is 0.264. The maximum Gasteiger partial charge on any atom is 0.122 e. The smallest absolute Gasteiger partial charge is 0.122 e. The minimum absolute atomic E-state index is 0.264. The molecular weight excluding hydrogens is 228 g/mol. The standard InChI is InChI=1S/C13H24N4O/c1-2-17-7-4-14-13(17)12-16-6-3-5-15(8-9-16)10-11-18/h4,7,18H,2-3,5-6,8-12H2,1H3. The number of hydrogen-bond donors (Lipinski definition) is 1. The van der Waals surface area contributed by atoms with Gasteiger partial charge in [0.1, 0.15) is 5.82 Å². The largest absolute Gasteiger partial charge is 0.395 e. The molecule has 0 unspecified atom stereocenters. The van der Waals surface area contributed by atoms with Gasteiger partial charge in [0.05, 0.1) is 13.2 Å². The van der Waals surface area contributed by atoms with Gasteiger partial charge in [0.15, 0.2) is 0 Å². The molecule has 1 aromatic heterocycles. The van der Waals surface area contributed by atoms with E-state index in [1.165, 1.54) is 6.42 Å². The number of nitrogens with zero attached hydrogens (tertiary/aromatic N) is 4. The first kappa shape index (κ1) is 13.5. The van der Waals surface area contributed by atoms with Crippen molar-refractivity contribution >= 4 is 0 Å². The van der Waals surface area contributed by atoms with Crippen LogP contribution < -0.4 is 0 Å². The van der Waals surface area contributed by atoms with Crippen molar-refractivity contribution in [1.29, 1.82) is 0 Å². The second-order valence-electron chi connectivity index (χ2n) is 4.82. The topological polar surface area (TPSA) is 44.5 Å². The highest BCUT2D eigenvalue weighted by molar-refractivity contribution is 4.92. The Kier molecular flexibility index (Phi) is 5.16. The van der Waals surface area contributed by atoms with Gasteiger partial charge in [0, 0.05) is 38.6 Å². The van der Waals surface area contributed by atoms with Crippen LogP contribution in [0.5, 0.6) is 0 Å². The number of aliphatic hydroxyl groups is 1. The first-order valence-corrected chi connectivity index (χ1v) is 6.89. The van der Waals surface area contributed by atoms with Crippen LogP contribution >= 0.6 is 0 Å². The quantitative estimate of drug-likeness (QED) is 0.824. The SMILES string of the molecule is CCn1ccnc1CN1CCCN(CCO)CC1. The van der Waals surface area contributed by atoms with E-state index in [-0.39, 0.29) is 6.61 Å². The monoisotopic (exact) mass is 252 g/mol. The fourth-order valence-electron chi connectivity index (χ4n) is 2.53. The third-order valence-corrected chi connectivity index (χ3v) is 3.60. The lowest BCUT2D eigenvalue weighted by atomic mass is 10.3. The second-order valence-corrected chi connectivity index (χ2v) is 4.82. The van der Waals surface area contributed by atoms with Gasteiger partial charge in [-0.1, -0.05) is 0 Å². The molecule has 0 amide bonds. The van der Waals surface area contributed by atoms with Crippen LogP contribution in [0, 0.1) is 0 Å². The van der Waals surface area contributed by atoms with Crippen LogP contribution in [-0.4, -0.2) is 63.8 Å². The van der Waals surface area contributed by atoms with Crippen LogP contribution in [0.2, 0.25) is 0 Å². The molecule has 18 heavy (non-hydrogen) atoms. The first-order valence-electron chi connectivity index (χ1n) is 6.89. The van der Waals surface area contributed by atoms with Crippen molar-refractivity contribution in [2.75, 3.05) is 39.3 Å². The lowest BCUT2D eigenvalue weighted by Crippen LogP contribution is -2.32. The molecule has 5 nitrogen and oxygen atoms in total. The molecule has 1 saturated heterocycles. The van der Waals surface area contributed by atoms with Gasteiger partial charge in [0.2, 0.25) is 0 Å². The highest BCUT2D eigenvalue weighted by atomic mass is 16.3. The zero-order chi connectivity index (χ0) is 12.8. The van der Waals surface area contributed by atoms with Crippen LogP contribution in [0.1, 0.15) is 19.2 Å². The van der Waals surface area contributed by atoms with Gasteiger partial charge in [0.25, 0.3) is 0 Å². The molecule has 2 heterocycles. The number of rotatable bonds is 5. The number of hydrogen-bond acceptors (Lipinski definition) is 4. The summed E-state index contributed by atoms with van der Waals surface area (Å²) in [5.74, 6) is 1.16. The summed E-state index contributed by atoms with van der Waals surface area (Å²) in [6.07, 6.45) is 5.10. The Morgan fingerprint density at radius 2 is 2.00 bits per heavy atom. The molecule has 0 bridgehead atoms. The molecule has 0 spiro atoms. The Balaban J connectivity index is 1.87. The molecule has 1 aliphatic rings. The van der Waals surface area contributed by atoms with Crippen molar-refractivity contribution in [3.63, 3.8) is 0 Å². The van der Waals surface area contributed by atoms with E-state index in [1.807, 2.05) is 12.4 Å². The summed E-state index contributed by atoms with van der Waals surface area (Å²) < 4.78 is 2.20. The molecule has 2 rings (SSSR count). The Hall–Kier alpha value is -0.910. The number of imidazole rings is 1. The normalized spacial score (nSPS) is 19.0. The van der Waals surface area contributed by atoms with Crippen LogP contribution in [0.25, 0.3) is 0 Å². The van der Waals surface area contributed by atoms with Crippen molar-refractivity contribution in [1.82, 2.24) is 19.4 Å². The van der Waals surface area contributed by atoms with Gasteiger partial charge in [-0.15, -0.1) is 0 Å². The van der Waals surface area contributed by atoms with Crippen molar-refractivity contribution in [3.8, 4) is 0 Å². The number of aryl methyl sites for hydroxylation is 1. The van der Waals surface area contributed by atoms with Crippen LogP contribution in [-0.2, 0) is 13.1 Å². The second kappa shape index (κ2) is 6.87. The van der Waals surface area contributed by atoms with E-state index in [9.17, 15) is 0 Å². The predicted octanol–water partition coefficient (Wildman–Crippen LogP) is 0.403. The minimum Gasteiger partial charge on any atom is -0.395 e. The van der Waals surface area contributed by atoms with Gasteiger partial charge in [-0.2, -0.15) is 0 Å². The van der Waals surface area contributed by atoms with Crippen molar-refractivity contribution in [3.05, 3.63) is 18.2 Å². The molecule has 1 aliphatic heterocycles. The van der Waals surface area contributed by atoms with Crippen LogP contribution in [0.4, 0.5) is 0 Å². The molecule has 102 valence electrons. The van der Waals surface area contributed by atoms with Gasteiger partial charge in [-0.3, -0.25) is 9.80 Å². The summed E-state index contributed by atoms with van der Waals surface area (Å²) in [4.78, 5) is 9.24. The number of aliphatic hydroxyl groups excluding tert-OH is 1. The summed E-state index contributed by atoms with van der Waals surface area (Å²) in [7, 11) is 0. The predicted molar refractivity (Wildman–Crippen MR) is 71.3 cm³/mol. The molecule has 0 aliphatic carbocycles. The highest BCUT2D eigenvalue weighted by Crippen LogP contribution is 2.08. The molecule has 0 aromatic carbocycles. The third-order valence-electron chi connectivity index (χ3n) is 3.60. The van der Waals surface area contributed by atoms with E-state index in [2.05, 4.69) is 26.3 Å². The zero-order valence-electron chi connectivity index (χ0n) is 11.3. The van der Waals surface area contributed by atoms with E-state index in [4.69, 9.17) is 5.11 Å². The first-order chi connectivity index (χ1) is 8.83. The lowest BCUT2D eigenvalue weighted by molar-refractivity contribution is 0.195. The Morgan fingerprint density at radius 1 is 1.22 bits per heavy atom. The lowest BCUT2D eigenvalue weighted by Gasteiger charge is -2.21. The van der Waals surface area contributed by atoms with Gasteiger partial charge >= 0.3 is 0 Å². The van der Waals surface area contributed by atoms with Crippen LogP contribution in [0.15, 0.2) is 12.4 Å². The Morgan fingerprint density at radius 3 is 2.78 bits per heavy atom. The summed E-state index contributed by atoms with van der Waals surface area (Å²) in [6.45, 7) is 9.48. The van der Waals surface area contributed by atoms with E-state index in [1.54, 1.807) is 0 Å². The molecule has 0 saturated carbocycles. The molecule has 1 N–H and O–H groups in total. The Bertz CT molecular complexity index is 353. The van der Waals surface area contributed by atoms with E-state index in [0.29, 0.717) is 0 Å². The summed E-state index contributed by atoms with van der Waals surface area (Å²) in [5, 5.41) is 8.98. The maximum atomic E-state index is 8.98. The van der Waals surface area contributed by atoms with E-state index in [0.717, 1.165) is 51.6 Å². The van der Waals surface area contributed by atoms with Gasteiger partial charge in [-0.05, 0) is 26.4 Å². The number of β-amino-alcohol motifs (C(OH)–C–C–N with tert-alkyl or cyclic N) is 1. The fraction of sp³-hybridized carbons (Fsp3) is 0.769. The fourth-order valence-corrected chi connectivity index (χ4v) is 2.53. The maximum absolute atomic E-state index is 8.98. The van der Waals surface area contributed by atoms with Gasteiger partial charge < -0.3 is 9.67 Å². The Labute approximate surface area is 109 Å². The highest BCUT2D eigenvalue weighted by Gasteiger charge is 2.15. The molecule has 1 aromatic rings. The average Bonchev–Trinajstić information content (AvgIpc) is 2.71. The van der Waals surface area contributed by atoms with E-state index < -0.39 is 0 Å². The molecular formula is C13H24N4O. The van der Waals surface area contributed by atoms with Gasteiger partial charge in [-0.25, -0.2) is 4.98 Å². The average molecular weight is 252 g/mol. The van der Waals surface area contributed by atoms with Crippen molar-refractivity contribution in [2.45, 2.75) is 26.4 Å². The molecule has 0 radical (unpaired) electrons. The summed E-state index contributed by atoms with van der Waals surface area (Å²) >= 11 is 0. The van der Waals surface area contributed by atoms with Crippen molar-refractivity contribution in [2.24, 2.45) is 0 Å². The molecule has 1 fully saturated rings. The van der Waals surface area contributed by atoms with Crippen molar-refractivity contribution < 1.29 is 5.11 Å².